The number of imidazole rings is 2. The van der Waals surface area contributed by atoms with Gasteiger partial charge in [0, 0.05) is 18.7 Å². The maximum Gasteiger partial charge on any atom is 0.407 e. The zero-order valence-electron chi connectivity index (χ0n) is 35.5. The number of benzene rings is 4. The molecular weight excluding hydrogens is 799 g/mol. The third kappa shape index (κ3) is 8.83. The summed E-state index contributed by atoms with van der Waals surface area (Å²) in [4.78, 5) is 71.6. The number of fused-ring (bicyclic) bond motifs is 1. The number of H-pyrrole nitrogens is 2. The summed E-state index contributed by atoms with van der Waals surface area (Å²) in [5.41, 5.74) is 6.20. The number of rotatable bonds is 11. The number of methoxy groups -OCH3 is 2. The molecule has 0 spiro atoms. The second-order valence-corrected chi connectivity index (χ2v) is 16.3. The van der Waals surface area contributed by atoms with E-state index in [0.29, 0.717) is 30.2 Å². The van der Waals surface area contributed by atoms with E-state index >= 15 is 0 Å². The fourth-order valence-electron chi connectivity index (χ4n) is 8.64. The van der Waals surface area contributed by atoms with Crippen molar-refractivity contribution in [3.8, 4) is 39.7 Å². The van der Waals surface area contributed by atoms with Gasteiger partial charge in [0.15, 0.2) is 0 Å². The number of hydrogen-bond donors (Lipinski definition) is 4. The predicted octanol–water partition coefficient (Wildman–Crippen LogP) is 7.84. The molecule has 2 aliphatic rings. The number of ether oxygens (including phenoxy) is 2. The van der Waals surface area contributed by atoms with E-state index in [9.17, 15) is 24.4 Å². The number of aromatic amines is 2. The summed E-state index contributed by atoms with van der Waals surface area (Å²) in [5, 5.41) is 17.4. The molecule has 15 nitrogen and oxygen atoms in total. The fourth-order valence-corrected chi connectivity index (χ4v) is 8.64. The van der Waals surface area contributed by atoms with Gasteiger partial charge in [0.05, 0.1) is 62.1 Å². The molecule has 2 fully saturated rings. The average molecular weight is 848 g/mol. The summed E-state index contributed by atoms with van der Waals surface area (Å²) in [6.07, 6.45) is 4.19. The quantitative estimate of drug-likeness (QED) is 0.100. The highest BCUT2D eigenvalue weighted by Gasteiger charge is 2.42. The zero-order chi connectivity index (χ0) is 44.2. The lowest BCUT2D eigenvalue weighted by molar-refractivity contribution is -0.136. The maximum atomic E-state index is 14.1. The van der Waals surface area contributed by atoms with Gasteiger partial charge in [-0.2, -0.15) is 5.26 Å². The Morgan fingerprint density at radius 3 is 1.97 bits per heavy atom. The molecule has 322 valence electrons. The van der Waals surface area contributed by atoms with Crippen LogP contribution in [0.3, 0.4) is 0 Å². The molecule has 5 atom stereocenters. The monoisotopic (exact) mass is 847 g/mol. The van der Waals surface area contributed by atoms with Gasteiger partial charge in [-0.05, 0) is 70.3 Å². The van der Waals surface area contributed by atoms with Gasteiger partial charge >= 0.3 is 12.2 Å². The molecular formula is C48H49N9O6. The average Bonchev–Trinajstić information content (AvgIpc) is 4.16. The van der Waals surface area contributed by atoms with Gasteiger partial charge in [0.2, 0.25) is 5.91 Å². The minimum Gasteiger partial charge on any atom is -0.453 e. The normalized spacial score (nSPS) is 18.2. The van der Waals surface area contributed by atoms with E-state index in [1.165, 1.54) is 14.2 Å². The van der Waals surface area contributed by atoms with Crippen molar-refractivity contribution in [2.45, 2.75) is 57.3 Å². The molecule has 1 unspecified atom stereocenters. The highest BCUT2D eigenvalue weighted by Crippen LogP contribution is 2.38. The van der Waals surface area contributed by atoms with Crippen molar-refractivity contribution in [2.24, 2.45) is 11.8 Å². The Kier molecular flexibility index (Phi) is 12.2. The molecule has 2 aliphatic heterocycles. The Hall–Kier alpha value is -7.47. The number of aromatic nitrogens is 4. The third-order valence-corrected chi connectivity index (χ3v) is 12.0. The number of hydrogen-bond acceptors (Lipinski definition) is 9. The van der Waals surface area contributed by atoms with Crippen LogP contribution in [0.15, 0.2) is 103 Å². The molecule has 4 aromatic carbocycles. The molecule has 15 heteroatoms. The van der Waals surface area contributed by atoms with Crippen molar-refractivity contribution in [1.29, 1.82) is 5.26 Å². The van der Waals surface area contributed by atoms with Crippen LogP contribution in [-0.2, 0) is 19.1 Å². The Morgan fingerprint density at radius 1 is 0.730 bits per heavy atom. The molecule has 6 aromatic rings. The summed E-state index contributed by atoms with van der Waals surface area (Å²) in [5.74, 6) is 0.256. The number of nitrogens with zero attached hydrogens (tertiary/aromatic N) is 5. The summed E-state index contributed by atoms with van der Waals surface area (Å²) in [6, 6.07) is 29.6. The van der Waals surface area contributed by atoms with E-state index < -0.39 is 36.2 Å². The molecule has 0 radical (unpaired) electrons. The number of nitrogens with one attached hydrogen (secondary N) is 4. The van der Waals surface area contributed by atoms with Crippen molar-refractivity contribution in [3.05, 3.63) is 121 Å². The van der Waals surface area contributed by atoms with Crippen LogP contribution < -0.4 is 10.6 Å². The van der Waals surface area contributed by atoms with Crippen molar-refractivity contribution in [3.63, 3.8) is 0 Å². The zero-order valence-corrected chi connectivity index (χ0v) is 35.5. The van der Waals surface area contributed by atoms with Crippen molar-refractivity contribution in [2.75, 3.05) is 27.3 Å². The lowest BCUT2D eigenvalue weighted by Crippen LogP contribution is -2.51. The summed E-state index contributed by atoms with van der Waals surface area (Å²) in [7, 11) is 2.53. The van der Waals surface area contributed by atoms with Crippen molar-refractivity contribution >= 4 is 34.8 Å². The van der Waals surface area contributed by atoms with Gasteiger partial charge in [-0.15, -0.1) is 0 Å². The van der Waals surface area contributed by atoms with Crippen molar-refractivity contribution < 1.29 is 28.7 Å². The largest absolute Gasteiger partial charge is 0.453 e. The third-order valence-electron chi connectivity index (χ3n) is 12.0. The minimum absolute atomic E-state index is 0.117. The molecule has 63 heavy (non-hydrogen) atoms. The van der Waals surface area contributed by atoms with Crippen LogP contribution in [0.1, 0.15) is 68.4 Å². The van der Waals surface area contributed by atoms with Gasteiger partial charge in [0.25, 0.3) is 5.91 Å². The Morgan fingerprint density at radius 2 is 1.32 bits per heavy atom. The molecule has 0 aliphatic carbocycles. The maximum absolute atomic E-state index is 14.1. The number of nitriles is 1. The minimum atomic E-state index is -1.00. The number of carbonyl (C=O) groups is 4. The van der Waals surface area contributed by atoms with Gasteiger partial charge in [-0.1, -0.05) is 92.7 Å². The molecule has 8 rings (SSSR count). The molecule has 4 amide bonds. The van der Waals surface area contributed by atoms with Gasteiger partial charge in [0.1, 0.15) is 23.7 Å². The summed E-state index contributed by atoms with van der Waals surface area (Å²) < 4.78 is 9.59. The van der Waals surface area contributed by atoms with Crippen LogP contribution in [-0.4, -0.2) is 87.1 Å². The number of carbonyl (C=O) groups excluding carboxylic acids is 4. The first-order valence-electron chi connectivity index (χ1n) is 21.0. The van der Waals surface area contributed by atoms with Crippen LogP contribution in [0.2, 0.25) is 0 Å². The van der Waals surface area contributed by atoms with Gasteiger partial charge < -0.3 is 39.9 Å². The fraction of sp³-hybridized carbons (Fsp3) is 0.312. The molecule has 4 N–H and O–H groups in total. The molecule has 2 saturated heterocycles. The Balaban J connectivity index is 0.958. The van der Waals surface area contributed by atoms with E-state index in [1.54, 1.807) is 40.3 Å². The number of alkyl carbamates (subject to hydrolysis) is 2. The van der Waals surface area contributed by atoms with Crippen LogP contribution in [0.25, 0.3) is 44.4 Å². The second-order valence-electron chi connectivity index (χ2n) is 16.3. The first-order valence-corrected chi connectivity index (χ1v) is 21.0. The molecule has 2 aromatic heterocycles. The molecule has 0 saturated carbocycles. The van der Waals surface area contributed by atoms with Gasteiger partial charge in [-0.25, -0.2) is 19.6 Å². The SMILES string of the molecule is COC(=O)NC(C(=O)N1CCC[C@H]1c1ncc(-c2ccc3cc(-c4ccc(-c5cnc([C@@H]6C[C@H](C#N)CN6C(=O)[C@H](NC(=O)OC)c6ccccc6)[nH]5)cc4)ccc3c2)[nH]1)C(C)C. The number of likely N-dealkylation sites (tertiary alicyclic amines) is 2. The van der Waals surface area contributed by atoms with Crippen LogP contribution >= 0.6 is 0 Å². The number of amides is 4. The molecule has 4 heterocycles. The van der Waals surface area contributed by atoms with Crippen LogP contribution in [0, 0.1) is 23.2 Å². The summed E-state index contributed by atoms with van der Waals surface area (Å²) in [6.45, 7) is 4.58. The Bertz CT molecular complexity index is 2670. The first kappa shape index (κ1) is 42.2. The predicted molar refractivity (Wildman–Crippen MR) is 235 cm³/mol. The van der Waals surface area contributed by atoms with Crippen molar-refractivity contribution in [1.82, 2.24) is 40.4 Å². The van der Waals surface area contributed by atoms with Gasteiger partial charge in [-0.3, -0.25) is 9.59 Å². The lowest BCUT2D eigenvalue weighted by atomic mass is 9.98. The van der Waals surface area contributed by atoms with Crippen LogP contribution in [0.5, 0.6) is 0 Å². The first-order chi connectivity index (χ1) is 30.5. The lowest BCUT2D eigenvalue weighted by Gasteiger charge is -2.30. The highest BCUT2D eigenvalue weighted by molar-refractivity contribution is 5.91. The summed E-state index contributed by atoms with van der Waals surface area (Å²) >= 11 is 0. The van der Waals surface area contributed by atoms with E-state index in [2.05, 4.69) is 80.2 Å². The highest BCUT2D eigenvalue weighted by atomic mass is 16.5. The molecule has 0 bridgehead atoms. The smallest absolute Gasteiger partial charge is 0.407 e. The van der Waals surface area contributed by atoms with Crippen LogP contribution in [0.4, 0.5) is 9.59 Å². The van der Waals surface area contributed by atoms with E-state index in [-0.39, 0.29) is 30.3 Å². The van der Waals surface area contributed by atoms with E-state index in [1.807, 2.05) is 38.2 Å². The standard InChI is InChI=1S/C48H49N9O6/c1-28(2)41(54-47(60)62-3)45(58)56-20-8-11-39(56)43-50-26-38(53-43)36-19-18-34-22-33(16-17-35(34)23-36)30-12-14-31(15-13-30)37-25-51-44(52-37)40-21-29(24-49)27-57(40)46(59)42(55-48(61)63-4)32-9-6-5-7-10-32/h5-7,9-10,12-19,22-23,25-26,28-29,39-42H,8,11,20-21,27H2,1-4H3,(H,50,53)(H,51,52)(H,54,60)(H,55,61)/t29-,39+,40+,41?,42-/m1/s1. The Labute approximate surface area is 364 Å². The second kappa shape index (κ2) is 18.3. The van der Waals surface area contributed by atoms with E-state index in [0.717, 1.165) is 57.3 Å². The topological polar surface area (TPSA) is 198 Å². The van der Waals surface area contributed by atoms with E-state index in [4.69, 9.17) is 14.5 Å².